The summed E-state index contributed by atoms with van der Waals surface area (Å²) in [5.74, 6) is 0.455. The van der Waals surface area contributed by atoms with Crippen LogP contribution in [0.2, 0.25) is 10.0 Å². The molecule has 0 atom stereocenters. The maximum atomic E-state index is 6.04. The van der Waals surface area contributed by atoms with E-state index in [9.17, 15) is 0 Å². The van der Waals surface area contributed by atoms with Crippen LogP contribution in [0.15, 0.2) is 30.9 Å². The average Bonchev–Trinajstić information content (AvgIpc) is 2.97. The Morgan fingerprint density at radius 3 is 2.76 bits per heavy atom. The molecule has 10 heteroatoms. The second kappa shape index (κ2) is 5.51. The van der Waals surface area contributed by atoms with Crippen molar-refractivity contribution in [3.63, 3.8) is 0 Å². The Morgan fingerprint density at radius 1 is 1.14 bits per heavy atom. The average molecular weight is 324 g/mol. The molecule has 3 rings (SSSR count). The summed E-state index contributed by atoms with van der Waals surface area (Å²) in [4.78, 5) is 15.7. The second-order valence-electron chi connectivity index (χ2n) is 3.77. The third-order valence-corrected chi connectivity index (χ3v) is 3.16. The van der Waals surface area contributed by atoms with Gasteiger partial charge in [-0.25, -0.2) is 4.98 Å². The van der Waals surface area contributed by atoms with Crippen molar-refractivity contribution < 1.29 is 4.74 Å². The van der Waals surface area contributed by atoms with E-state index in [0.29, 0.717) is 10.8 Å². The molecular formula is C11H7Cl2N7O. The topological polar surface area (TPSA) is 105 Å². The van der Waals surface area contributed by atoms with E-state index in [4.69, 9.17) is 33.7 Å². The van der Waals surface area contributed by atoms with Gasteiger partial charge in [0.15, 0.2) is 5.75 Å². The van der Waals surface area contributed by atoms with E-state index >= 15 is 0 Å². The van der Waals surface area contributed by atoms with E-state index in [-0.39, 0.29) is 22.9 Å². The number of nitrogens with two attached hydrogens (primary N) is 1. The van der Waals surface area contributed by atoms with E-state index in [0.717, 1.165) is 0 Å². The monoisotopic (exact) mass is 323 g/mol. The Labute approximate surface area is 128 Å². The number of anilines is 1. The molecule has 0 spiro atoms. The molecule has 0 radical (unpaired) electrons. The zero-order valence-corrected chi connectivity index (χ0v) is 11.8. The van der Waals surface area contributed by atoms with E-state index in [1.165, 1.54) is 17.3 Å². The van der Waals surface area contributed by atoms with Crippen LogP contribution < -0.4 is 10.5 Å². The summed E-state index contributed by atoms with van der Waals surface area (Å²) in [5.41, 5.74) is 5.62. The molecule has 0 saturated heterocycles. The Balaban J connectivity index is 1.98. The van der Waals surface area contributed by atoms with Gasteiger partial charge in [-0.1, -0.05) is 29.3 Å². The summed E-state index contributed by atoms with van der Waals surface area (Å²) in [5, 5.41) is 4.51. The smallest absolute Gasteiger partial charge is 0.328 e. The zero-order valence-electron chi connectivity index (χ0n) is 10.3. The van der Waals surface area contributed by atoms with Crippen LogP contribution in [0.4, 0.5) is 5.95 Å². The zero-order chi connectivity index (χ0) is 14.8. The van der Waals surface area contributed by atoms with Gasteiger partial charge < -0.3 is 10.5 Å². The molecule has 0 fully saturated rings. The van der Waals surface area contributed by atoms with Crippen molar-refractivity contribution in [3.8, 4) is 17.7 Å². The number of nitrogen functional groups attached to an aromatic ring is 1. The van der Waals surface area contributed by atoms with Crippen molar-refractivity contribution in [2.24, 2.45) is 0 Å². The van der Waals surface area contributed by atoms with E-state index in [1.807, 2.05) is 0 Å². The number of hydrogen-bond acceptors (Lipinski definition) is 7. The Morgan fingerprint density at radius 2 is 2.00 bits per heavy atom. The highest BCUT2D eigenvalue weighted by Gasteiger charge is 2.12. The normalized spacial score (nSPS) is 10.6. The van der Waals surface area contributed by atoms with Gasteiger partial charge in [0.2, 0.25) is 5.95 Å². The first-order valence-corrected chi connectivity index (χ1v) is 6.37. The SMILES string of the molecule is Nc1nc(Oc2cccc(Cl)c2Cl)nc(-n2cncn2)n1. The molecule has 1 aromatic carbocycles. The molecule has 3 aromatic rings. The van der Waals surface area contributed by atoms with Gasteiger partial charge >= 0.3 is 6.01 Å². The van der Waals surface area contributed by atoms with Crippen LogP contribution in [0.3, 0.4) is 0 Å². The third kappa shape index (κ3) is 2.86. The summed E-state index contributed by atoms with van der Waals surface area (Å²) in [6.07, 6.45) is 2.76. The first-order chi connectivity index (χ1) is 10.1. The van der Waals surface area contributed by atoms with Crippen LogP contribution in [0.1, 0.15) is 0 Å². The van der Waals surface area contributed by atoms with Crippen molar-refractivity contribution in [1.29, 1.82) is 0 Å². The van der Waals surface area contributed by atoms with Crippen molar-refractivity contribution in [2.45, 2.75) is 0 Å². The first kappa shape index (κ1) is 13.5. The Bertz CT molecular complexity index is 778. The molecule has 106 valence electrons. The van der Waals surface area contributed by atoms with Crippen molar-refractivity contribution in [3.05, 3.63) is 40.9 Å². The number of rotatable bonds is 3. The third-order valence-electron chi connectivity index (χ3n) is 2.36. The summed E-state index contributed by atoms with van der Waals surface area (Å²) in [7, 11) is 0. The lowest BCUT2D eigenvalue weighted by atomic mass is 10.3. The molecule has 0 aliphatic carbocycles. The fraction of sp³-hybridized carbons (Fsp3) is 0. The Hall–Kier alpha value is -2.45. The minimum atomic E-state index is -0.0304. The fourth-order valence-electron chi connectivity index (χ4n) is 1.48. The van der Waals surface area contributed by atoms with E-state index in [1.54, 1.807) is 18.2 Å². The maximum Gasteiger partial charge on any atom is 0.328 e. The summed E-state index contributed by atoms with van der Waals surface area (Å²) < 4.78 is 6.81. The van der Waals surface area contributed by atoms with E-state index < -0.39 is 0 Å². The van der Waals surface area contributed by atoms with Crippen molar-refractivity contribution in [1.82, 2.24) is 29.7 Å². The van der Waals surface area contributed by atoms with Gasteiger partial charge in [0.05, 0.1) is 5.02 Å². The highest BCUT2D eigenvalue weighted by Crippen LogP contribution is 2.33. The van der Waals surface area contributed by atoms with Crippen LogP contribution in [0.25, 0.3) is 5.95 Å². The molecule has 0 unspecified atom stereocenters. The quantitative estimate of drug-likeness (QED) is 0.787. The van der Waals surface area contributed by atoms with Crippen molar-refractivity contribution >= 4 is 29.2 Å². The first-order valence-electron chi connectivity index (χ1n) is 5.62. The Kier molecular flexibility index (Phi) is 3.55. The van der Waals surface area contributed by atoms with Gasteiger partial charge in [-0.3, -0.25) is 0 Å². The molecular weight excluding hydrogens is 317 g/mol. The number of nitrogens with zero attached hydrogens (tertiary/aromatic N) is 6. The van der Waals surface area contributed by atoms with Crippen LogP contribution in [0, 0.1) is 0 Å². The number of ether oxygens (including phenoxy) is 1. The minimum Gasteiger partial charge on any atom is -0.422 e. The molecule has 2 heterocycles. The molecule has 0 bridgehead atoms. The molecule has 0 aliphatic rings. The number of aromatic nitrogens is 6. The van der Waals surface area contributed by atoms with Gasteiger partial charge in [0, 0.05) is 0 Å². The highest BCUT2D eigenvalue weighted by molar-refractivity contribution is 6.42. The van der Waals surface area contributed by atoms with Gasteiger partial charge in [0.25, 0.3) is 5.95 Å². The van der Waals surface area contributed by atoms with Crippen LogP contribution >= 0.6 is 23.2 Å². The molecule has 0 amide bonds. The molecule has 2 aromatic heterocycles. The fourth-order valence-corrected chi connectivity index (χ4v) is 1.81. The van der Waals surface area contributed by atoms with Crippen molar-refractivity contribution in [2.75, 3.05) is 5.73 Å². The maximum absolute atomic E-state index is 6.04. The van der Waals surface area contributed by atoms with Gasteiger partial charge in [-0.05, 0) is 12.1 Å². The van der Waals surface area contributed by atoms with Gasteiger partial charge in [-0.2, -0.15) is 24.7 Å². The lowest BCUT2D eigenvalue weighted by Gasteiger charge is -2.08. The highest BCUT2D eigenvalue weighted by atomic mass is 35.5. The predicted octanol–water partition coefficient (Wildman–Crippen LogP) is 2.13. The standard InChI is InChI=1S/C11H7Cl2N7O/c12-6-2-1-3-7(8(6)13)21-11-18-9(14)17-10(19-11)20-5-15-4-16-20/h1-5H,(H2,14,17,18,19). The minimum absolute atomic E-state index is 0.0244. The number of benzene rings is 1. The van der Waals surface area contributed by atoms with Crippen LogP contribution in [0.5, 0.6) is 11.8 Å². The lowest BCUT2D eigenvalue weighted by molar-refractivity contribution is 0.439. The predicted molar refractivity (Wildman–Crippen MR) is 75.7 cm³/mol. The number of halogens is 2. The molecule has 21 heavy (non-hydrogen) atoms. The van der Waals surface area contributed by atoms with Gasteiger partial charge in [-0.15, -0.1) is 0 Å². The van der Waals surface area contributed by atoms with Gasteiger partial charge in [0.1, 0.15) is 17.7 Å². The second-order valence-corrected chi connectivity index (χ2v) is 4.56. The number of hydrogen-bond donors (Lipinski definition) is 1. The summed E-state index contributed by atoms with van der Waals surface area (Å²) in [6.45, 7) is 0. The molecule has 8 nitrogen and oxygen atoms in total. The molecule has 2 N–H and O–H groups in total. The molecule has 0 saturated carbocycles. The van der Waals surface area contributed by atoms with Crippen LogP contribution in [-0.4, -0.2) is 29.7 Å². The lowest BCUT2D eigenvalue weighted by Crippen LogP contribution is -2.08. The largest absolute Gasteiger partial charge is 0.422 e. The summed E-state index contributed by atoms with van der Waals surface area (Å²) >= 11 is 11.9. The molecule has 0 aliphatic heterocycles. The van der Waals surface area contributed by atoms with E-state index in [2.05, 4.69) is 25.0 Å². The van der Waals surface area contributed by atoms with Crippen LogP contribution in [-0.2, 0) is 0 Å². The summed E-state index contributed by atoms with van der Waals surface area (Å²) in [6, 6.07) is 4.92.